The van der Waals surface area contributed by atoms with Crippen LogP contribution in [0.4, 0.5) is 11.4 Å². The van der Waals surface area contributed by atoms with Crippen LogP contribution in [-0.4, -0.2) is 5.91 Å². The van der Waals surface area contributed by atoms with Gasteiger partial charge in [0.1, 0.15) is 0 Å². The molecule has 1 amide bonds. The zero-order chi connectivity index (χ0) is 14.9. The first-order chi connectivity index (χ1) is 9.38. The Labute approximate surface area is 139 Å². The summed E-state index contributed by atoms with van der Waals surface area (Å²) >= 11 is 21.2. The molecule has 0 atom stereocenters. The third-order valence-electron chi connectivity index (χ3n) is 2.47. The highest BCUT2D eigenvalue weighted by Gasteiger charge is 2.13. The maximum Gasteiger partial charge on any atom is 0.255 e. The van der Waals surface area contributed by atoms with Crippen molar-refractivity contribution >= 4 is 68.0 Å². The van der Waals surface area contributed by atoms with Crippen molar-refractivity contribution in [3.05, 3.63) is 55.4 Å². The van der Waals surface area contributed by atoms with E-state index in [4.69, 9.17) is 40.5 Å². The van der Waals surface area contributed by atoms with Crippen LogP contribution < -0.4 is 11.1 Å². The summed E-state index contributed by atoms with van der Waals surface area (Å²) in [5.74, 6) is -0.375. The quantitative estimate of drug-likeness (QED) is 0.540. The topological polar surface area (TPSA) is 55.1 Å². The Kier molecular flexibility index (Phi) is 4.81. The van der Waals surface area contributed by atoms with Gasteiger partial charge in [0.05, 0.1) is 15.7 Å². The second-order valence-electron chi connectivity index (χ2n) is 3.95. The van der Waals surface area contributed by atoms with E-state index in [1.165, 1.54) is 12.1 Å². The molecule has 2 aromatic rings. The lowest BCUT2D eigenvalue weighted by molar-refractivity contribution is 0.102. The van der Waals surface area contributed by atoms with Crippen LogP contribution in [0, 0.1) is 0 Å². The summed E-state index contributed by atoms with van der Waals surface area (Å²) in [5.41, 5.74) is 6.80. The van der Waals surface area contributed by atoms with Gasteiger partial charge in [-0.15, -0.1) is 0 Å². The Morgan fingerprint density at radius 3 is 2.45 bits per heavy atom. The summed E-state index contributed by atoms with van der Waals surface area (Å²) in [5, 5.41) is 3.63. The molecule has 0 heterocycles. The van der Waals surface area contributed by atoms with Gasteiger partial charge in [-0.2, -0.15) is 0 Å². The minimum atomic E-state index is -0.375. The van der Waals surface area contributed by atoms with Crippen LogP contribution >= 0.6 is 50.7 Å². The van der Waals surface area contributed by atoms with E-state index in [9.17, 15) is 4.79 Å². The number of halogens is 4. The fourth-order valence-electron chi connectivity index (χ4n) is 1.56. The number of benzene rings is 2. The van der Waals surface area contributed by atoms with Crippen molar-refractivity contribution in [1.82, 2.24) is 0 Å². The molecule has 0 saturated heterocycles. The first-order valence-electron chi connectivity index (χ1n) is 5.39. The highest BCUT2D eigenvalue weighted by atomic mass is 79.9. The van der Waals surface area contributed by atoms with Gasteiger partial charge in [0.25, 0.3) is 5.91 Å². The molecule has 20 heavy (non-hydrogen) atoms. The predicted octanol–water partition coefficient (Wildman–Crippen LogP) is 5.24. The van der Waals surface area contributed by atoms with Crippen LogP contribution in [0.25, 0.3) is 0 Å². The summed E-state index contributed by atoms with van der Waals surface area (Å²) < 4.78 is 0.647. The van der Waals surface area contributed by atoms with E-state index in [1.54, 1.807) is 18.2 Å². The molecule has 0 unspecified atom stereocenters. The maximum absolute atomic E-state index is 12.1. The number of carbonyl (C=O) groups is 1. The number of hydrogen-bond acceptors (Lipinski definition) is 2. The zero-order valence-electron chi connectivity index (χ0n) is 9.88. The lowest BCUT2D eigenvalue weighted by Crippen LogP contribution is -2.12. The average Bonchev–Trinajstić information content (AvgIpc) is 2.38. The molecule has 7 heteroatoms. The molecule has 2 rings (SSSR count). The molecular formula is C13H8BrCl3N2O. The van der Waals surface area contributed by atoms with Crippen molar-refractivity contribution in [2.24, 2.45) is 0 Å². The summed E-state index contributed by atoms with van der Waals surface area (Å²) in [6.45, 7) is 0. The lowest BCUT2D eigenvalue weighted by atomic mass is 10.2. The van der Waals surface area contributed by atoms with E-state index in [1.807, 2.05) is 0 Å². The minimum Gasteiger partial charge on any atom is -0.399 e. The SMILES string of the molecule is Nc1cc(Cl)cc(C(=O)Nc2ccc(Br)c(Cl)c2Cl)c1. The Balaban J connectivity index is 2.30. The van der Waals surface area contributed by atoms with E-state index >= 15 is 0 Å². The fourth-order valence-corrected chi connectivity index (χ4v) is 2.63. The summed E-state index contributed by atoms with van der Waals surface area (Å²) in [6.07, 6.45) is 0. The first-order valence-corrected chi connectivity index (χ1v) is 7.32. The second-order valence-corrected chi connectivity index (χ2v) is 6.00. The van der Waals surface area contributed by atoms with Crippen molar-refractivity contribution in [3.63, 3.8) is 0 Å². The fraction of sp³-hybridized carbons (Fsp3) is 0. The third kappa shape index (κ3) is 3.38. The summed E-state index contributed by atoms with van der Waals surface area (Å²) in [7, 11) is 0. The number of anilines is 2. The van der Waals surface area contributed by atoms with Gasteiger partial charge in [-0.3, -0.25) is 4.79 Å². The number of hydrogen-bond donors (Lipinski definition) is 2. The third-order valence-corrected chi connectivity index (χ3v) is 4.45. The molecule has 0 aliphatic carbocycles. The molecule has 0 aromatic heterocycles. The van der Waals surface area contributed by atoms with E-state index in [0.717, 1.165) is 0 Å². The van der Waals surface area contributed by atoms with Gasteiger partial charge in [-0.1, -0.05) is 34.8 Å². The molecule has 2 aromatic carbocycles. The molecule has 0 bridgehead atoms. The number of amides is 1. The van der Waals surface area contributed by atoms with Crippen molar-refractivity contribution in [3.8, 4) is 0 Å². The number of nitrogens with one attached hydrogen (secondary N) is 1. The Morgan fingerprint density at radius 2 is 1.80 bits per heavy atom. The number of nitrogens with two attached hydrogens (primary N) is 1. The predicted molar refractivity (Wildman–Crippen MR) is 88.0 cm³/mol. The highest BCUT2D eigenvalue weighted by molar-refractivity contribution is 9.10. The molecule has 0 radical (unpaired) electrons. The van der Waals surface area contributed by atoms with Crippen molar-refractivity contribution in [2.45, 2.75) is 0 Å². The van der Waals surface area contributed by atoms with Gasteiger partial charge in [-0.25, -0.2) is 0 Å². The van der Waals surface area contributed by atoms with Gasteiger partial charge in [0, 0.05) is 20.7 Å². The van der Waals surface area contributed by atoms with Gasteiger partial charge < -0.3 is 11.1 Å². The number of rotatable bonds is 2. The average molecular weight is 394 g/mol. The van der Waals surface area contributed by atoms with Crippen molar-refractivity contribution in [2.75, 3.05) is 11.1 Å². The molecule has 0 aliphatic rings. The van der Waals surface area contributed by atoms with Gasteiger partial charge in [0.15, 0.2) is 0 Å². The minimum absolute atomic E-state index is 0.254. The molecule has 104 valence electrons. The molecule has 3 nitrogen and oxygen atoms in total. The monoisotopic (exact) mass is 392 g/mol. The van der Waals surface area contributed by atoms with Gasteiger partial charge >= 0.3 is 0 Å². The molecule has 0 fully saturated rings. The molecule has 0 saturated carbocycles. The van der Waals surface area contributed by atoms with E-state index in [0.29, 0.717) is 31.5 Å². The van der Waals surface area contributed by atoms with Gasteiger partial charge in [-0.05, 0) is 46.3 Å². The van der Waals surface area contributed by atoms with Crippen LogP contribution in [0.15, 0.2) is 34.8 Å². The van der Waals surface area contributed by atoms with Crippen molar-refractivity contribution < 1.29 is 4.79 Å². The van der Waals surface area contributed by atoms with Crippen LogP contribution in [0.3, 0.4) is 0 Å². The normalized spacial score (nSPS) is 10.4. The summed E-state index contributed by atoms with van der Waals surface area (Å²) in [4.78, 5) is 12.1. The largest absolute Gasteiger partial charge is 0.399 e. The smallest absolute Gasteiger partial charge is 0.255 e. The van der Waals surface area contributed by atoms with Crippen LogP contribution in [0.1, 0.15) is 10.4 Å². The Morgan fingerprint density at radius 1 is 1.10 bits per heavy atom. The van der Waals surface area contributed by atoms with E-state index in [2.05, 4.69) is 21.2 Å². The summed E-state index contributed by atoms with van der Waals surface area (Å²) in [6, 6.07) is 7.93. The second kappa shape index (κ2) is 6.22. The number of carbonyl (C=O) groups excluding carboxylic acids is 1. The van der Waals surface area contributed by atoms with Crippen LogP contribution in [-0.2, 0) is 0 Å². The highest BCUT2D eigenvalue weighted by Crippen LogP contribution is 2.36. The first kappa shape index (κ1) is 15.4. The Bertz CT molecular complexity index is 671. The molecule has 0 spiro atoms. The van der Waals surface area contributed by atoms with E-state index in [-0.39, 0.29) is 10.9 Å². The van der Waals surface area contributed by atoms with Gasteiger partial charge in [0.2, 0.25) is 0 Å². The number of nitrogen functional groups attached to an aromatic ring is 1. The molecular weight excluding hydrogens is 386 g/mol. The van der Waals surface area contributed by atoms with Crippen LogP contribution in [0.5, 0.6) is 0 Å². The zero-order valence-corrected chi connectivity index (χ0v) is 13.7. The lowest BCUT2D eigenvalue weighted by Gasteiger charge is -2.10. The van der Waals surface area contributed by atoms with E-state index < -0.39 is 0 Å². The molecule has 3 N–H and O–H groups in total. The van der Waals surface area contributed by atoms with Crippen molar-refractivity contribution in [1.29, 1.82) is 0 Å². The molecule has 0 aliphatic heterocycles. The van der Waals surface area contributed by atoms with Crippen LogP contribution in [0.2, 0.25) is 15.1 Å². The Hall–Kier alpha value is -0.940. The standard InChI is InChI=1S/C13H8BrCl3N2O/c14-9-1-2-10(12(17)11(9)16)19-13(20)6-3-7(15)5-8(18)4-6/h1-5H,18H2,(H,19,20). The maximum atomic E-state index is 12.1.